The fourth-order valence-electron chi connectivity index (χ4n) is 3.04. The van der Waals surface area contributed by atoms with Crippen LogP contribution in [-0.4, -0.2) is 56.7 Å². The smallest absolute Gasteiger partial charge is 0.276 e. The number of hydrogen-bond acceptors (Lipinski definition) is 6. The average Bonchev–Trinajstić information content (AvgIpc) is 3.17. The Hall–Kier alpha value is -2.29. The molecule has 134 valence electrons. The van der Waals surface area contributed by atoms with Crippen molar-refractivity contribution in [2.24, 2.45) is 5.92 Å². The number of aromatic nitrogens is 4. The predicted octanol–water partition coefficient (Wildman–Crippen LogP) is 1.47. The molecule has 0 atom stereocenters. The first-order chi connectivity index (χ1) is 12.0. The Morgan fingerprint density at radius 3 is 2.48 bits per heavy atom. The molecule has 2 aromatic heterocycles. The normalized spacial score (nSPS) is 15.4. The summed E-state index contributed by atoms with van der Waals surface area (Å²) in [5.74, 6) is 0.241. The summed E-state index contributed by atoms with van der Waals surface area (Å²) in [4.78, 5) is 31.5. The zero-order valence-corrected chi connectivity index (χ0v) is 15.4. The summed E-state index contributed by atoms with van der Waals surface area (Å²) in [6.07, 6.45) is 1.73. The number of hydrogen-bond donors (Lipinski definition) is 2. The van der Waals surface area contributed by atoms with Gasteiger partial charge in [0, 0.05) is 19.6 Å². The van der Waals surface area contributed by atoms with Gasteiger partial charge in [-0.3, -0.25) is 9.59 Å². The second-order valence-electron chi connectivity index (χ2n) is 6.35. The fourth-order valence-corrected chi connectivity index (χ4v) is 3.87. The van der Waals surface area contributed by atoms with Gasteiger partial charge in [-0.25, -0.2) is 4.98 Å². The van der Waals surface area contributed by atoms with Gasteiger partial charge in [-0.15, -0.1) is 11.3 Å². The van der Waals surface area contributed by atoms with Gasteiger partial charge in [-0.05, 0) is 39.5 Å². The monoisotopic (exact) mass is 362 g/mol. The molecule has 1 fully saturated rings. The molecule has 3 heterocycles. The Morgan fingerprint density at radius 2 is 1.92 bits per heavy atom. The summed E-state index contributed by atoms with van der Waals surface area (Å²) < 4.78 is 0. The van der Waals surface area contributed by atoms with Gasteiger partial charge in [0.05, 0.1) is 16.4 Å². The van der Waals surface area contributed by atoms with Crippen LogP contribution in [0.15, 0.2) is 0 Å². The van der Waals surface area contributed by atoms with Gasteiger partial charge in [0.15, 0.2) is 5.69 Å². The van der Waals surface area contributed by atoms with Crippen molar-refractivity contribution in [1.82, 2.24) is 30.6 Å². The first kappa shape index (κ1) is 17.5. The molecule has 25 heavy (non-hydrogen) atoms. The molecule has 2 amide bonds. The average molecular weight is 362 g/mol. The maximum absolute atomic E-state index is 12.4. The van der Waals surface area contributed by atoms with E-state index in [2.05, 4.69) is 25.7 Å². The third kappa shape index (κ3) is 3.87. The Balaban J connectivity index is 1.48. The topological polar surface area (TPSA) is 104 Å². The molecule has 2 N–H and O–H groups in total. The van der Waals surface area contributed by atoms with Crippen LogP contribution in [-0.2, 0) is 0 Å². The quantitative estimate of drug-likeness (QED) is 0.857. The highest BCUT2D eigenvalue weighted by atomic mass is 32.1. The third-order valence-corrected chi connectivity index (χ3v) is 5.56. The molecular formula is C16H22N6O2S. The van der Waals surface area contributed by atoms with Crippen LogP contribution in [0.4, 0.5) is 0 Å². The molecule has 1 aliphatic rings. The second kappa shape index (κ2) is 7.30. The van der Waals surface area contributed by atoms with Gasteiger partial charge in [0.25, 0.3) is 11.8 Å². The molecule has 2 aromatic rings. The van der Waals surface area contributed by atoms with E-state index >= 15 is 0 Å². The van der Waals surface area contributed by atoms with Gasteiger partial charge in [0.2, 0.25) is 0 Å². The van der Waals surface area contributed by atoms with E-state index in [1.807, 2.05) is 13.8 Å². The number of thiazole rings is 1. The molecule has 1 saturated heterocycles. The zero-order valence-electron chi connectivity index (χ0n) is 14.6. The minimum absolute atomic E-state index is 0.0557. The van der Waals surface area contributed by atoms with Crippen molar-refractivity contribution < 1.29 is 9.59 Å². The summed E-state index contributed by atoms with van der Waals surface area (Å²) in [5.41, 5.74) is 1.79. The minimum Gasteiger partial charge on any atom is -0.351 e. The van der Waals surface area contributed by atoms with Crippen LogP contribution in [0.5, 0.6) is 0 Å². The molecule has 0 radical (unpaired) electrons. The van der Waals surface area contributed by atoms with Crippen LogP contribution >= 0.6 is 11.3 Å². The van der Waals surface area contributed by atoms with E-state index < -0.39 is 0 Å². The second-order valence-corrected chi connectivity index (χ2v) is 7.55. The van der Waals surface area contributed by atoms with Crippen LogP contribution in [0, 0.1) is 26.7 Å². The zero-order chi connectivity index (χ0) is 18.0. The Bertz CT molecular complexity index is 775. The number of piperidine rings is 1. The van der Waals surface area contributed by atoms with E-state index in [1.54, 1.807) is 11.8 Å². The van der Waals surface area contributed by atoms with E-state index in [4.69, 9.17) is 0 Å². The first-order valence-corrected chi connectivity index (χ1v) is 9.16. The SMILES string of the molecule is Cc1nc(C)c(C(=O)NCC2CCN(C(=O)c3n[nH]nc3C)CC2)s1. The number of carbonyl (C=O) groups is 2. The van der Waals surface area contributed by atoms with Crippen LogP contribution < -0.4 is 5.32 Å². The lowest BCUT2D eigenvalue weighted by molar-refractivity contribution is 0.0678. The summed E-state index contributed by atoms with van der Waals surface area (Å²) in [6.45, 7) is 7.49. The van der Waals surface area contributed by atoms with Crippen molar-refractivity contribution in [3.63, 3.8) is 0 Å². The van der Waals surface area contributed by atoms with Crippen molar-refractivity contribution in [1.29, 1.82) is 0 Å². The molecule has 1 aliphatic heterocycles. The number of aryl methyl sites for hydroxylation is 3. The molecule has 0 saturated carbocycles. The first-order valence-electron chi connectivity index (χ1n) is 8.34. The Morgan fingerprint density at radius 1 is 1.20 bits per heavy atom. The van der Waals surface area contributed by atoms with E-state index in [-0.39, 0.29) is 11.8 Å². The summed E-state index contributed by atoms with van der Waals surface area (Å²) in [6, 6.07) is 0. The van der Waals surface area contributed by atoms with Gasteiger partial charge in [0.1, 0.15) is 4.88 Å². The number of amides is 2. The lowest BCUT2D eigenvalue weighted by atomic mass is 9.96. The number of likely N-dealkylation sites (tertiary alicyclic amines) is 1. The maximum atomic E-state index is 12.4. The molecule has 8 nitrogen and oxygen atoms in total. The standard InChI is InChI=1S/C16H22N6O2S/c1-9-13(20-21-19-9)16(24)22-6-4-12(5-7-22)8-17-15(23)14-10(2)18-11(3)25-14/h12H,4-8H2,1-3H3,(H,17,23)(H,19,20,21). The minimum atomic E-state index is -0.0792. The molecule has 9 heteroatoms. The van der Waals surface area contributed by atoms with Crippen LogP contribution in [0.1, 0.15) is 49.4 Å². The number of rotatable bonds is 4. The lowest BCUT2D eigenvalue weighted by Gasteiger charge is -2.31. The van der Waals surface area contributed by atoms with Crippen molar-refractivity contribution in [3.05, 3.63) is 27.0 Å². The molecule has 0 spiro atoms. The van der Waals surface area contributed by atoms with E-state index in [0.29, 0.717) is 41.8 Å². The third-order valence-electron chi connectivity index (χ3n) is 4.49. The molecule has 0 unspecified atom stereocenters. The van der Waals surface area contributed by atoms with Crippen LogP contribution in [0.25, 0.3) is 0 Å². The van der Waals surface area contributed by atoms with Gasteiger partial charge >= 0.3 is 0 Å². The Kier molecular flexibility index (Phi) is 5.12. The molecule has 0 aliphatic carbocycles. The largest absolute Gasteiger partial charge is 0.351 e. The molecule has 0 aromatic carbocycles. The number of carbonyl (C=O) groups excluding carboxylic acids is 2. The van der Waals surface area contributed by atoms with Crippen LogP contribution in [0.2, 0.25) is 0 Å². The van der Waals surface area contributed by atoms with Crippen molar-refractivity contribution in [2.75, 3.05) is 19.6 Å². The lowest BCUT2D eigenvalue weighted by Crippen LogP contribution is -2.41. The fraction of sp³-hybridized carbons (Fsp3) is 0.562. The molecule has 3 rings (SSSR count). The van der Waals surface area contributed by atoms with E-state index in [0.717, 1.165) is 23.5 Å². The number of H-pyrrole nitrogens is 1. The molecule has 0 bridgehead atoms. The highest BCUT2D eigenvalue weighted by Gasteiger charge is 2.26. The van der Waals surface area contributed by atoms with Crippen LogP contribution in [0.3, 0.4) is 0 Å². The number of nitrogens with zero attached hydrogens (tertiary/aromatic N) is 4. The summed E-state index contributed by atoms with van der Waals surface area (Å²) >= 11 is 1.42. The predicted molar refractivity (Wildman–Crippen MR) is 93.7 cm³/mol. The van der Waals surface area contributed by atoms with E-state index in [1.165, 1.54) is 11.3 Å². The summed E-state index contributed by atoms with van der Waals surface area (Å²) in [7, 11) is 0. The van der Waals surface area contributed by atoms with Crippen molar-refractivity contribution in [2.45, 2.75) is 33.6 Å². The van der Waals surface area contributed by atoms with Crippen molar-refractivity contribution >= 4 is 23.2 Å². The summed E-state index contributed by atoms with van der Waals surface area (Å²) in [5, 5.41) is 14.2. The van der Waals surface area contributed by atoms with E-state index in [9.17, 15) is 9.59 Å². The van der Waals surface area contributed by atoms with Gasteiger partial charge < -0.3 is 10.2 Å². The highest BCUT2D eigenvalue weighted by Crippen LogP contribution is 2.20. The maximum Gasteiger partial charge on any atom is 0.276 e. The van der Waals surface area contributed by atoms with Gasteiger partial charge in [-0.1, -0.05) is 0 Å². The van der Waals surface area contributed by atoms with Crippen molar-refractivity contribution in [3.8, 4) is 0 Å². The molecular weight excluding hydrogens is 340 g/mol. The van der Waals surface area contributed by atoms with Gasteiger partial charge in [-0.2, -0.15) is 15.4 Å². The number of aromatic amines is 1. The Labute approximate surface area is 150 Å². The highest BCUT2D eigenvalue weighted by molar-refractivity contribution is 7.13. The number of nitrogens with one attached hydrogen (secondary N) is 2.